The fourth-order valence-corrected chi connectivity index (χ4v) is 3.81. The van der Waals surface area contributed by atoms with Crippen molar-refractivity contribution in [3.8, 4) is 0 Å². The number of nitrogens with zero attached hydrogens (tertiary/aromatic N) is 1. The SMILES string of the molecule is c1ccc2[nH]c(CNC3CC4CCC3C4)nc2c1. The van der Waals surface area contributed by atoms with E-state index in [1.54, 1.807) is 0 Å². The molecule has 0 spiro atoms. The Morgan fingerprint density at radius 1 is 1.22 bits per heavy atom. The molecule has 2 saturated carbocycles. The van der Waals surface area contributed by atoms with Crippen LogP contribution >= 0.6 is 0 Å². The molecule has 3 nitrogen and oxygen atoms in total. The highest BCUT2D eigenvalue weighted by molar-refractivity contribution is 5.74. The second-order valence-electron chi connectivity index (χ2n) is 5.86. The van der Waals surface area contributed by atoms with E-state index in [1.165, 1.54) is 25.7 Å². The van der Waals surface area contributed by atoms with Crippen LogP contribution in [0.5, 0.6) is 0 Å². The molecule has 3 unspecified atom stereocenters. The number of H-pyrrole nitrogens is 1. The van der Waals surface area contributed by atoms with E-state index in [-0.39, 0.29) is 0 Å². The van der Waals surface area contributed by atoms with Gasteiger partial charge in [-0.15, -0.1) is 0 Å². The predicted octanol–water partition coefficient (Wildman–Crippen LogP) is 2.84. The van der Waals surface area contributed by atoms with Gasteiger partial charge in [-0.25, -0.2) is 4.98 Å². The van der Waals surface area contributed by atoms with Crippen molar-refractivity contribution in [1.82, 2.24) is 15.3 Å². The van der Waals surface area contributed by atoms with Crippen LogP contribution in [0.2, 0.25) is 0 Å². The number of aromatic amines is 1. The van der Waals surface area contributed by atoms with E-state index in [0.717, 1.165) is 41.3 Å². The highest BCUT2D eigenvalue weighted by Crippen LogP contribution is 2.44. The number of nitrogens with one attached hydrogen (secondary N) is 2. The van der Waals surface area contributed by atoms with E-state index in [0.29, 0.717) is 0 Å². The summed E-state index contributed by atoms with van der Waals surface area (Å²) in [6.07, 6.45) is 5.73. The van der Waals surface area contributed by atoms with Crippen molar-refractivity contribution < 1.29 is 0 Å². The standard InChI is InChI=1S/C15H19N3/c1-2-4-13-12(3-1)17-15(18-13)9-16-14-8-10-5-6-11(14)7-10/h1-4,10-11,14,16H,5-9H2,(H,17,18). The van der Waals surface area contributed by atoms with Gasteiger partial charge in [0.2, 0.25) is 0 Å². The molecule has 2 fully saturated rings. The first kappa shape index (κ1) is 10.6. The lowest BCUT2D eigenvalue weighted by molar-refractivity contribution is 0.348. The molecule has 2 bridgehead atoms. The molecule has 2 aliphatic rings. The molecule has 0 radical (unpaired) electrons. The summed E-state index contributed by atoms with van der Waals surface area (Å²) < 4.78 is 0. The van der Waals surface area contributed by atoms with Crippen molar-refractivity contribution in [2.24, 2.45) is 11.8 Å². The zero-order chi connectivity index (χ0) is 11.9. The third-order valence-electron chi connectivity index (χ3n) is 4.71. The number of fused-ring (bicyclic) bond motifs is 3. The molecule has 2 aromatic rings. The Morgan fingerprint density at radius 3 is 2.94 bits per heavy atom. The zero-order valence-electron chi connectivity index (χ0n) is 10.5. The minimum atomic E-state index is 0.733. The van der Waals surface area contributed by atoms with Gasteiger partial charge >= 0.3 is 0 Å². The van der Waals surface area contributed by atoms with Crippen molar-refractivity contribution in [1.29, 1.82) is 0 Å². The van der Waals surface area contributed by atoms with Crippen LogP contribution < -0.4 is 5.32 Å². The second-order valence-corrected chi connectivity index (χ2v) is 5.86. The molecule has 0 saturated heterocycles. The highest BCUT2D eigenvalue weighted by Gasteiger charge is 2.39. The van der Waals surface area contributed by atoms with Gasteiger partial charge in [0.1, 0.15) is 5.82 Å². The van der Waals surface area contributed by atoms with Crippen molar-refractivity contribution in [3.63, 3.8) is 0 Å². The normalized spacial score (nSPS) is 30.3. The van der Waals surface area contributed by atoms with Crippen LogP contribution in [-0.2, 0) is 6.54 Å². The highest BCUT2D eigenvalue weighted by atomic mass is 15.0. The average molecular weight is 241 g/mol. The van der Waals surface area contributed by atoms with Crippen LogP contribution in [0.4, 0.5) is 0 Å². The third-order valence-corrected chi connectivity index (χ3v) is 4.71. The van der Waals surface area contributed by atoms with Crippen molar-refractivity contribution in [3.05, 3.63) is 30.1 Å². The van der Waals surface area contributed by atoms with Crippen molar-refractivity contribution in [2.45, 2.75) is 38.3 Å². The van der Waals surface area contributed by atoms with Crippen LogP contribution in [0.3, 0.4) is 0 Å². The van der Waals surface area contributed by atoms with Crippen LogP contribution in [-0.4, -0.2) is 16.0 Å². The molecule has 4 rings (SSSR count). The quantitative estimate of drug-likeness (QED) is 0.867. The summed E-state index contributed by atoms with van der Waals surface area (Å²) in [6.45, 7) is 0.878. The van der Waals surface area contributed by atoms with Gasteiger partial charge < -0.3 is 10.3 Å². The maximum atomic E-state index is 4.62. The van der Waals surface area contributed by atoms with Gasteiger partial charge in [0.15, 0.2) is 0 Å². The smallest absolute Gasteiger partial charge is 0.121 e. The molecule has 94 valence electrons. The molecular formula is C15H19N3. The van der Waals surface area contributed by atoms with Crippen LogP contribution in [0, 0.1) is 11.8 Å². The molecule has 2 aliphatic carbocycles. The van der Waals surface area contributed by atoms with Crippen LogP contribution in [0.25, 0.3) is 11.0 Å². The van der Waals surface area contributed by atoms with E-state index in [2.05, 4.69) is 27.4 Å². The lowest BCUT2D eigenvalue weighted by Crippen LogP contribution is -2.33. The maximum absolute atomic E-state index is 4.62. The Hall–Kier alpha value is -1.35. The molecule has 1 aromatic carbocycles. The number of hydrogen-bond donors (Lipinski definition) is 2. The Morgan fingerprint density at radius 2 is 2.17 bits per heavy atom. The molecular weight excluding hydrogens is 222 g/mol. The van der Waals surface area contributed by atoms with E-state index in [1.807, 2.05) is 12.1 Å². The topological polar surface area (TPSA) is 40.7 Å². The summed E-state index contributed by atoms with van der Waals surface area (Å²) >= 11 is 0. The Bertz CT molecular complexity index is 527. The van der Waals surface area contributed by atoms with E-state index in [9.17, 15) is 0 Å². The van der Waals surface area contributed by atoms with Crippen LogP contribution in [0.15, 0.2) is 24.3 Å². The Kier molecular flexibility index (Phi) is 2.40. The molecule has 18 heavy (non-hydrogen) atoms. The fourth-order valence-electron chi connectivity index (χ4n) is 3.81. The Balaban J connectivity index is 1.45. The number of benzene rings is 1. The lowest BCUT2D eigenvalue weighted by atomic mass is 9.95. The maximum Gasteiger partial charge on any atom is 0.121 e. The zero-order valence-corrected chi connectivity index (χ0v) is 10.5. The summed E-state index contributed by atoms with van der Waals surface area (Å²) in [6, 6.07) is 8.97. The predicted molar refractivity (Wildman–Crippen MR) is 72.2 cm³/mol. The van der Waals surface area contributed by atoms with Crippen LogP contribution in [0.1, 0.15) is 31.5 Å². The van der Waals surface area contributed by atoms with Crippen molar-refractivity contribution in [2.75, 3.05) is 0 Å². The fraction of sp³-hybridized carbons (Fsp3) is 0.533. The van der Waals surface area contributed by atoms with Gasteiger partial charge in [0, 0.05) is 6.04 Å². The van der Waals surface area contributed by atoms with E-state index >= 15 is 0 Å². The summed E-state index contributed by atoms with van der Waals surface area (Å²) in [5.74, 6) is 3.00. The van der Waals surface area contributed by atoms with Gasteiger partial charge in [-0.3, -0.25) is 0 Å². The number of imidazole rings is 1. The minimum absolute atomic E-state index is 0.733. The second kappa shape index (κ2) is 4.09. The lowest BCUT2D eigenvalue weighted by Gasteiger charge is -2.22. The molecule has 1 aromatic heterocycles. The summed E-state index contributed by atoms with van der Waals surface area (Å²) in [5.41, 5.74) is 2.21. The molecule has 0 aliphatic heterocycles. The Labute approximate surface area is 107 Å². The first-order chi connectivity index (χ1) is 8.88. The summed E-state index contributed by atoms with van der Waals surface area (Å²) in [7, 11) is 0. The number of para-hydroxylation sites is 2. The van der Waals surface area contributed by atoms with Crippen molar-refractivity contribution >= 4 is 11.0 Å². The largest absolute Gasteiger partial charge is 0.341 e. The first-order valence-electron chi connectivity index (χ1n) is 7.05. The first-order valence-corrected chi connectivity index (χ1v) is 7.05. The molecule has 2 N–H and O–H groups in total. The third kappa shape index (κ3) is 1.74. The van der Waals surface area contributed by atoms with Gasteiger partial charge in [-0.05, 0) is 43.2 Å². The van der Waals surface area contributed by atoms with Gasteiger partial charge in [0.05, 0.1) is 17.6 Å². The van der Waals surface area contributed by atoms with Gasteiger partial charge in [-0.1, -0.05) is 18.6 Å². The minimum Gasteiger partial charge on any atom is -0.341 e. The number of rotatable bonds is 3. The van der Waals surface area contributed by atoms with Gasteiger partial charge in [0.25, 0.3) is 0 Å². The van der Waals surface area contributed by atoms with Gasteiger partial charge in [-0.2, -0.15) is 0 Å². The number of aromatic nitrogens is 2. The van der Waals surface area contributed by atoms with E-state index < -0.39 is 0 Å². The monoisotopic (exact) mass is 241 g/mol. The van der Waals surface area contributed by atoms with E-state index in [4.69, 9.17) is 0 Å². The molecule has 0 amide bonds. The average Bonchev–Trinajstić information content (AvgIpc) is 3.10. The number of hydrogen-bond acceptors (Lipinski definition) is 2. The molecule has 3 atom stereocenters. The molecule has 3 heteroatoms. The molecule has 1 heterocycles. The summed E-state index contributed by atoms with van der Waals surface area (Å²) in [4.78, 5) is 8.01. The summed E-state index contributed by atoms with van der Waals surface area (Å²) in [5, 5.41) is 3.70.